The van der Waals surface area contributed by atoms with Crippen LogP contribution in [-0.2, 0) is 0 Å². The maximum atomic E-state index is 6.48. The first-order chi connectivity index (χ1) is 12.3. The second kappa shape index (κ2) is 5.83. The Hall–Kier alpha value is -2.42. The van der Waals surface area contributed by atoms with Crippen LogP contribution in [0.4, 0.5) is 0 Å². The van der Waals surface area contributed by atoms with Crippen LogP contribution in [-0.4, -0.2) is 16.7 Å². The molecule has 2 nitrogen and oxygen atoms in total. The van der Waals surface area contributed by atoms with Gasteiger partial charge in [-0.05, 0) is 17.2 Å². The van der Waals surface area contributed by atoms with Crippen molar-refractivity contribution in [1.82, 2.24) is 4.90 Å². The number of rotatable bonds is 3. The van der Waals surface area contributed by atoms with E-state index < -0.39 is 0 Å². The lowest BCUT2D eigenvalue weighted by molar-refractivity contribution is 0.404. The first-order valence-electron chi connectivity index (χ1n) is 8.54. The van der Waals surface area contributed by atoms with E-state index >= 15 is 0 Å². The molecule has 1 fully saturated rings. The number of benzene rings is 3. The van der Waals surface area contributed by atoms with Crippen molar-refractivity contribution < 1.29 is 0 Å². The van der Waals surface area contributed by atoms with Gasteiger partial charge in [0.25, 0.3) is 0 Å². The van der Waals surface area contributed by atoms with E-state index in [9.17, 15) is 0 Å². The van der Waals surface area contributed by atoms with E-state index in [1.54, 1.807) is 0 Å². The van der Waals surface area contributed by atoms with E-state index in [0.717, 1.165) is 10.6 Å². The van der Waals surface area contributed by atoms with Crippen LogP contribution in [0.15, 0.2) is 89.9 Å². The smallest absolute Gasteiger partial charge is 0.131 e. The zero-order valence-electron chi connectivity index (χ0n) is 13.6. The molecule has 25 heavy (non-hydrogen) atoms. The first-order valence-corrected chi connectivity index (χ1v) is 8.92. The lowest BCUT2D eigenvalue weighted by Gasteiger charge is -2.15. The Kier molecular flexibility index (Phi) is 3.47. The molecule has 3 aromatic carbocycles. The van der Waals surface area contributed by atoms with Gasteiger partial charge < -0.3 is 0 Å². The maximum absolute atomic E-state index is 6.48. The minimum atomic E-state index is -0.0147. The Morgan fingerprint density at radius 1 is 0.720 bits per heavy atom. The monoisotopic (exact) mass is 344 g/mol. The molecule has 0 N–H and O–H groups in total. The summed E-state index contributed by atoms with van der Waals surface area (Å²) in [6.45, 7) is 0. The second-order valence-corrected chi connectivity index (χ2v) is 6.93. The fourth-order valence-electron chi connectivity index (χ4n) is 3.89. The van der Waals surface area contributed by atoms with Crippen molar-refractivity contribution in [2.45, 2.75) is 18.2 Å². The van der Waals surface area contributed by atoms with Crippen LogP contribution in [0.25, 0.3) is 0 Å². The fourth-order valence-corrected chi connectivity index (χ4v) is 4.12. The van der Waals surface area contributed by atoms with Gasteiger partial charge in [-0.15, -0.1) is 0 Å². The van der Waals surface area contributed by atoms with E-state index in [1.807, 2.05) is 24.3 Å². The van der Waals surface area contributed by atoms with Gasteiger partial charge in [-0.1, -0.05) is 90.5 Å². The van der Waals surface area contributed by atoms with Gasteiger partial charge in [-0.25, -0.2) is 0 Å². The number of hydrogen-bond donors (Lipinski definition) is 0. The summed E-state index contributed by atoms with van der Waals surface area (Å²) < 4.78 is 0. The molecule has 0 saturated carbocycles. The Balaban J connectivity index is 1.60. The van der Waals surface area contributed by atoms with Gasteiger partial charge in [0.2, 0.25) is 0 Å². The molecular weight excluding hydrogens is 328 g/mol. The van der Waals surface area contributed by atoms with Gasteiger partial charge in [0.15, 0.2) is 0 Å². The van der Waals surface area contributed by atoms with Crippen molar-refractivity contribution in [1.29, 1.82) is 0 Å². The number of aliphatic imine (C=N–C) groups is 1. The molecular formula is C22H17ClN2. The molecule has 0 spiro atoms. The molecule has 2 aliphatic heterocycles. The van der Waals surface area contributed by atoms with Crippen molar-refractivity contribution in [2.24, 2.45) is 4.99 Å². The molecule has 0 aliphatic carbocycles. The minimum absolute atomic E-state index is 0.0147. The molecule has 3 heteroatoms. The van der Waals surface area contributed by atoms with Crippen LogP contribution in [0.5, 0.6) is 0 Å². The van der Waals surface area contributed by atoms with Crippen LogP contribution >= 0.6 is 11.6 Å². The van der Waals surface area contributed by atoms with Crippen molar-refractivity contribution in [3.05, 3.63) is 107 Å². The molecule has 4 atom stereocenters. The highest BCUT2D eigenvalue weighted by molar-refractivity contribution is 6.31. The molecule has 5 rings (SSSR count). The zero-order valence-corrected chi connectivity index (χ0v) is 14.3. The fraction of sp³-hybridized carbons (Fsp3) is 0.136. The Morgan fingerprint density at radius 3 is 2.08 bits per heavy atom. The van der Waals surface area contributed by atoms with Gasteiger partial charge in [0.1, 0.15) is 6.17 Å². The third-order valence-corrected chi connectivity index (χ3v) is 5.41. The van der Waals surface area contributed by atoms with E-state index in [0.29, 0.717) is 12.1 Å². The molecule has 0 aromatic heterocycles. The third kappa shape index (κ3) is 2.41. The van der Waals surface area contributed by atoms with Crippen molar-refractivity contribution in [2.75, 3.05) is 0 Å². The summed E-state index contributed by atoms with van der Waals surface area (Å²) in [4.78, 5) is 7.51. The Labute approximate surface area is 152 Å². The quantitative estimate of drug-likeness (QED) is 0.591. The second-order valence-electron chi connectivity index (χ2n) is 6.52. The highest BCUT2D eigenvalue weighted by Gasteiger charge is 2.59. The normalized spacial score (nSPS) is 26.8. The van der Waals surface area contributed by atoms with E-state index in [4.69, 9.17) is 16.6 Å². The van der Waals surface area contributed by atoms with E-state index in [2.05, 4.69) is 65.6 Å². The van der Waals surface area contributed by atoms with Gasteiger partial charge in [0, 0.05) is 10.6 Å². The summed E-state index contributed by atoms with van der Waals surface area (Å²) in [5.41, 5.74) is 4.79. The van der Waals surface area contributed by atoms with E-state index in [1.165, 1.54) is 16.8 Å². The SMILES string of the molecule is Clc1ccccc1[C@@H]1N=C(c2ccccc2)[C@@H]2[C@H](c3ccccc3)N21. The lowest BCUT2D eigenvalue weighted by Crippen LogP contribution is -2.08. The Bertz CT molecular complexity index is 937. The topological polar surface area (TPSA) is 15.4 Å². The molecule has 2 heterocycles. The van der Waals surface area contributed by atoms with Crippen LogP contribution in [0.1, 0.15) is 28.9 Å². The lowest BCUT2D eigenvalue weighted by atomic mass is 10.0. The van der Waals surface area contributed by atoms with Gasteiger partial charge in [-0.3, -0.25) is 9.89 Å². The van der Waals surface area contributed by atoms with Crippen LogP contribution in [0, 0.1) is 0 Å². The molecule has 122 valence electrons. The van der Waals surface area contributed by atoms with Crippen molar-refractivity contribution >= 4 is 17.3 Å². The summed E-state index contributed by atoms with van der Waals surface area (Å²) in [6, 6.07) is 29.9. The predicted molar refractivity (Wildman–Crippen MR) is 102 cm³/mol. The third-order valence-electron chi connectivity index (χ3n) is 5.07. The highest BCUT2D eigenvalue weighted by atomic mass is 35.5. The van der Waals surface area contributed by atoms with Crippen LogP contribution in [0.3, 0.4) is 0 Å². The number of fused-ring (bicyclic) bond motifs is 1. The average molecular weight is 345 g/mol. The number of nitrogens with zero attached hydrogens (tertiary/aromatic N) is 2. The summed E-state index contributed by atoms with van der Waals surface area (Å²) in [7, 11) is 0. The average Bonchev–Trinajstić information content (AvgIpc) is 3.29. The molecule has 0 bridgehead atoms. The van der Waals surface area contributed by atoms with Crippen molar-refractivity contribution in [3.8, 4) is 0 Å². The standard InChI is InChI=1S/C22H17ClN2/c23-18-14-8-7-13-17(18)22-24-19(15-9-3-1-4-10-15)21-20(25(21)22)16-11-5-2-6-12-16/h1-14,20-22H/t20-,21+,22+,25?/m0/s1. The van der Waals surface area contributed by atoms with Crippen LogP contribution in [0.2, 0.25) is 5.02 Å². The number of halogens is 1. The molecule has 2 aliphatic rings. The maximum Gasteiger partial charge on any atom is 0.131 e. The summed E-state index contributed by atoms with van der Waals surface area (Å²) in [5, 5.41) is 0.781. The molecule has 1 unspecified atom stereocenters. The largest absolute Gasteiger partial charge is 0.263 e. The molecule has 1 saturated heterocycles. The number of hydrogen-bond acceptors (Lipinski definition) is 2. The van der Waals surface area contributed by atoms with Gasteiger partial charge in [0.05, 0.1) is 17.8 Å². The molecule has 3 aromatic rings. The Morgan fingerprint density at radius 2 is 1.36 bits per heavy atom. The zero-order chi connectivity index (χ0) is 16.8. The molecule has 0 amide bonds. The first kappa shape index (κ1) is 14.9. The van der Waals surface area contributed by atoms with Crippen molar-refractivity contribution in [3.63, 3.8) is 0 Å². The summed E-state index contributed by atoms with van der Waals surface area (Å²) in [6.07, 6.45) is -0.0147. The summed E-state index contributed by atoms with van der Waals surface area (Å²) >= 11 is 6.48. The van der Waals surface area contributed by atoms with Gasteiger partial charge in [-0.2, -0.15) is 0 Å². The highest BCUT2D eigenvalue weighted by Crippen LogP contribution is 2.56. The predicted octanol–water partition coefficient (Wildman–Crippen LogP) is 5.27. The minimum Gasteiger partial charge on any atom is -0.263 e. The van der Waals surface area contributed by atoms with E-state index in [-0.39, 0.29) is 6.17 Å². The summed E-state index contributed by atoms with van der Waals surface area (Å²) in [5.74, 6) is 0. The molecule has 0 radical (unpaired) electrons. The van der Waals surface area contributed by atoms with Crippen LogP contribution < -0.4 is 0 Å². The van der Waals surface area contributed by atoms with Gasteiger partial charge >= 0.3 is 0 Å².